The van der Waals surface area contributed by atoms with Crippen LogP contribution in [0.3, 0.4) is 0 Å². The van der Waals surface area contributed by atoms with Crippen molar-refractivity contribution in [1.29, 1.82) is 0 Å². The summed E-state index contributed by atoms with van der Waals surface area (Å²) in [7, 11) is 6.13. The van der Waals surface area contributed by atoms with Gasteiger partial charge in [0.15, 0.2) is 0 Å². The van der Waals surface area contributed by atoms with E-state index < -0.39 is 0 Å². The second-order valence-corrected chi connectivity index (χ2v) is 12.0. The van der Waals surface area contributed by atoms with Crippen molar-refractivity contribution in [1.82, 2.24) is 24.8 Å². The van der Waals surface area contributed by atoms with Crippen LogP contribution < -0.4 is 9.80 Å². The summed E-state index contributed by atoms with van der Waals surface area (Å²) in [4.78, 5) is 23.2. The minimum absolute atomic E-state index is 0.352. The van der Waals surface area contributed by atoms with Crippen molar-refractivity contribution in [2.45, 2.75) is 38.5 Å². The van der Waals surface area contributed by atoms with Gasteiger partial charge in [-0.1, -0.05) is 30.3 Å². The molecule has 8 heteroatoms. The first-order valence-electron chi connectivity index (χ1n) is 15.3. The van der Waals surface area contributed by atoms with Gasteiger partial charge in [-0.25, -0.2) is 4.98 Å². The van der Waals surface area contributed by atoms with Gasteiger partial charge >= 0.3 is 0 Å². The van der Waals surface area contributed by atoms with Crippen molar-refractivity contribution in [3.05, 3.63) is 114 Å². The predicted octanol–water partition coefficient (Wildman–Crippen LogP) is 6.23. The molecule has 0 amide bonds. The zero-order chi connectivity index (χ0) is 30.5. The molecule has 3 aromatic carbocycles. The second-order valence-electron chi connectivity index (χ2n) is 12.0. The Morgan fingerprint density at radius 2 is 1.48 bits per heavy atom. The van der Waals surface area contributed by atoms with Crippen LogP contribution in [0.5, 0.6) is 5.75 Å². The molecular weight excluding hydrogens is 546 g/mol. The highest BCUT2D eigenvalue weighted by Crippen LogP contribution is 2.29. The van der Waals surface area contributed by atoms with E-state index in [1.807, 2.05) is 81.2 Å². The fourth-order valence-electron chi connectivity index (χ4n) is 6.07. The SMILES string of the molecule is CN(C)Cc1cc(CN2CCC(N(Cc3ccc(N(C)c4ccncc4)cc3)c3cnc4ccccc4n3)CC2)ccc1O. The first-order valence-corrected chi connectivity index (χ1v) is 15.3. The molecule has 0 saturated carbocycles. The Kier molecular flexibility index (Phi) is 9.00. The number of hydrogen-bond acceptors (Lipinski definition) is 8. The lowest BCUT2D eigenvalue weighted by molar-refractivity contribution is 0.200. The number of phenols is 1. The number of aromatic hydroxyl groups is 1. The van der Waals surface area contributed by atoms with Crippen molar-refractivity contribution in [3.63, 3.8) is 0 Å². The van der Waals surface area contributed by atoms with Crippen LogP contribution in [0, 0.1) is 0 Å². The van der Waals surface area contributed by atoms with Crippen LogP contribution in [0.15, 0.2) is 97.5 Å². The van der Waals surface area contributed by atoms with Crippen LogP contribution in [0.1, 0.15) is 29.5 Å². The monoisotopic (exact) mass is 587 g/mol. The van der Waals surface area contributed by atoms with E-state index in [0.29, 0.717) is 11.8 Å². The lowest BCUT2D eigenvalue weighted by Gasteiger charge is -2.39. The van der Waals surface area contributed by atoms with Gasteiger partial charge in [-0.2, -0.15) is 0 Å². The molecule has 0 radical (unpaired) electrons. The number of likely N-dealkylation sites (tertiary alicyclic amines) is 1. The number of anilines is 3. The average Bonchev–Trinajstić information content (AvgIpc) is 3.05. The molecule has 8 nitrogen and oxygen atoms in total. The Hall–Kier alpha value is -4.53. The molecule has 44 heavy (non-hydrogen) atoms. The maximum absolute atomic E-state index is 10.3. The Bertz CT molecular complexity index is 1670. The van der Waals surface area contributed by atoms with Gasteiger partial charge < -0.3 is 19.8 Å². The topological polar surface area (TPSA) is 71.9 Å². The van der Waals surface area contributed by atoms with Crippen molar-refractivity contribution in [2.24, 2.45) is 0 Å². The van der Waals surface area contributed by atoms with Crippen LogP contribution in [0.4, 0.5) is 17.2 Å². The average molecular weight is 588 g/mol. The molecule has 6 rings (SSSR count). The van der Waals surface area contributed by atoms with Crippen molar-refractivity contribution in [2.75, 3.05) is 44.0 Å². The second kappa shape index (κ2) is 13.4. The van der Waals surface area contributed by atoms with Crippen LogP contribution in [0.25, 0.3) is 11.0 Å². The van der Waals surface area contributed by atoms with Crippen LogP contribution in [0.2, 0.25) is 0 Å². The third-order valence-electron chi connectivity index (χ3n) is 8.49. The number of fused-ring (bicyclic) bond motifs is 1. The molecule has 5 aromatic rings. The van der Waals surface area contributed by atoms with E-state index in [2.05, 4.69) is 62.0 Å². The molecule has 1 saturated heterocycles. The summed E-state index contributed by atoms with van der Waals surface area (Å²) in [5.41, 5.74) is 7.53. The molecule has 1 aliphatic rings. The van der Waals surface area contributed by atoms with E-state index in [9.17, 15) is 5.11 Å². The third kappa shape index (κ3) is 6.98. The number of benzene rings is 3. The minimum Gasteiger partial charge on any atom is -0.508 e. The van der Waals surface area contributed by atoms with Gasteiger partial charge in [0.05, 0.1) is 17.2 Å². The largest absolute Gasteiger partial charge is 0.508 e. The third-order valence-corrected chi connectivity index (χ3v) is 8.49. The van der Waals surface area contributed by atoms with E-state index >= 15 is 0 Å². The summed E-state index contributed by atoms with van der Waals surface area (Å²) in [5, 5.41) is 10.3. The number of hydrogen-bond donors (Lipinski definition) is 1. The van der Waals surface area contributed by atoms with Crippen molar-refractivity contribution >= 4 is 28.2 Å². The summed E-state index contributed by atoms with van der Waals surface area (Å²) >= 11 is 0. The number of nitrogens with zero attached hydrogens (tertiary/aromatic N) is 7. The number of aromatic nitrogens is 3. The Balaban J connectivity index is 1.18. The van der Waals surface area contributed by atoms with E-state index in [-0.39, 0.29) is 0 Å². The highest BCUT2D eigenvalue weighted by atomic mass is 16.3. The van der Waals surface area contributed by atoms with Gasteiger partial charge in [-0.05, 0) is 86.6 Å². The standard InChI is InChI=1S/C36H41N7O/c1-40(2)26-29-22-28(10-13-35(29)44)24-42-20-16-32(17-21-42)43(36-23-38-33-6-4-5-7-34(33)39-36)25-27-8-11-30(12-9-27)41(3)31-14-18-37-19-15-31/h4-15,18-19,22-23,32,44H,16-17,20-21,24-26H2,1-3H3. The summed E-state index contributed by atoms with van der Waals surface area (Å²) in [6.07, 6.45) is 7.66. The van der Waals surface area contributed by atoms with Crippen LogP contribution >= 0.6 is 0 Å². The summed E-state index contributed by atoms with van der Waals surface area (Å²) in [6, 6.07) is 27.3. The van der Waals surface area contributed by atoms with E-state index in [4.69, 9.17) is 9.97 Å². The van der Waals surface area contributed by atoms with Gasteiger partial charge in [-0.3, -0.25) is 14.9 Å². The molecule has 0 unspecified atom stereocenters. The molecular formula is C36H41N7O. The molecule has 1 N–H and O–H groups in total. The predicted molar refractivity (Wildman–Crippen MR) is 178 cm³/mol. The number of pyridine rings is 1. The van der Waals surface area contributed by atoms with Gasteiger partial charge in [0, 0.05) is 75.1 Å². The van der Waals surface area contributed by atoms with Gasteiger partial charge in [0.25, 0.3) is 0 Å². The summed E-state index contributed by atoms with van der Waals surface area (Å²) in [5.74, 6) is 1.29. The number of rotatable bonds is 10. The molecule has 3 heterocycles. The fourth-order valence-corrected chi connectivity index (χ4v) is 6.07. The summed E-state index contributed by atoms with van der Waals surface area (Å²) < 4.78 is 0. The first kappa shape index (κ1) is 29.5. The maximum Gasteiger partial charge on any atom is 0.148 e. The first-order chi connectivity index (χ1) is 21.4. The van der Waals surface area contributed by atoms with Crippen LogP contribution in [-0.4, -0.2) is 70.1 Å². The van der Waals surface area contributed by atoms with Gasteiger partial charge in [-0.15, -0.1) is 0 Å². The molecule has 226 valence electrons. The van der Waals surface area contributed by atoms with Crippen molar-refractivity contribution in [3.8, 4) is 5.75 Å². The number of piperidine rings is 1. The Morgan fingerprint density at radius 3 is 2.20 bits per heavy atom. The molecule has 2 aromatic heterocycles. The summed E-state index contributed by atoms with van der Waals surface area (Å²) in [6.45, 7) is 4.38. The smallest absolute Gasteiger partial charge is 0.148 e. The molecule has 0 bridgehead atoms. The Labute approximate surface area is 260 Å². The highest BCUT2D eigenvalue weighted by molar-refractivity contribution is 5.75. The zero-order valence-electron chi connectivity index (χ0n) is 25.8. The van der Waals surface area contributed by atoms with Gasteiger partial charge in [0.1, 0.15) is 11.6 Å². The Morgan fingerprint density at radius 1 is 0.795 bits per heavy atom. The number of para-hydroxylation sites is 2. The van der Waals surface area contributed by atoms with Crippen LogP contribution in [-0.2, 0) is 19.6 Å². The van der Waals surface area contributed by atoms with E-state index in [1.165, 1.54) is 11.1 Å². The molecule has 0 aliphatic carbocycles. The lowest BCUT2D eigenvalue weighted by Crippen LogP contribution is -2.45. The quantitative estimate of drug-likeness (QED) is 0.206. The number of phenolic OH excluding ortho intramolecular Hbond substituents is 1. The normalized spacial score (nSPS) is 14.3. The zero-order valence-corrected chi connectivity index (χ0v) is 25.8. The molecule has 1 aliphatic heterocycles. The van der Waals surface area contributed by atoms with E-state index in [1.54, 1.807) is 0 Å². The van der Waals surface area contributed by atoms with E-state index in [0.717, 1.165) is 79.4 Å². The molecule has 1 fully saturated rings. The highest BCUT2D eigenvalue weighted by Gasteiger charge is 2.26. The molecule has 0 atom stereocenters. The van der Waals surface area contributed by atoms with Crippen molar-refractivity contribution < 1.29 is 5.11 Å². The molecule has 0 spiro atoms. The minimum atomic E-state index is 0.352. The fraction of sp³-hybridized carbons (Fsp3) is 0.306. The lowest BCUT2D eigenvalue weighted by atomic mass is 10.0. The van der Waals surface area contributed by atoms with Gasteiger partial charge in [0.2, 0.25) is 0 Å². The maximum atomic E-state index is 10.3.